The predicted molar refractivity (Wildman–Crippen MR) is 187 cm³/mol. The molecule has 3 aromatic carbocycles. The zero-order valence-electron chi connectivity index (χ0n) is 26.8. The van der Waals surface area contributed by atoms with E-state index in [4.69, 9.17) is 32.7 Å². The number of allylic oxidation sites excluding steroid dienone is 2. The van der Waals surface area contributed by atoms with Crippen LogP contribution in [0.1, 0.15) is 107 Å². The summed E-state index contributed by atoms with van der Waals surface area (Å²) in [5, 5.41) is -0.589. The summed E-state index contributed by atoms with van der Waals surface area (Å²) in [6.45, 7) is 2.26. The van der Waals surface area contributed by atoms with Gasteiger partial charge in [-0.15, -0.1) is 11.6 Å². The number of ether oxygens (including phenoxy) is 2. The van der Waals surface area contributed by atoms with Crippen LogP contribution in [-0.4, -0.2) is 24.3 Å². The highest BCUT2D eigenvalue weighted by molar-refractivity contribution is 6.71. The number of carbonyl (C=O) groups excluding carboxylic acids is 1. The number of hydrogen-bond donors (Lipinski definition) is 0. The molecule has 0 aliphatic rings. The summed E-state index contributed by atoms with van der Waals surface area (Å²) in [7, 11) is 3.22. The van der Waals surface area contributed by atoms with Crippen LogP contribution in [0.3, 0.4) is 0 Å². The molecule has 0 bridgehead atoms. The van der Waals surface area contributed by atoms with Crippen molar-refractivity contribution in [3.63, 3.8) is 0 Å². The van der Waals surface area contributed by atoms with Crippen molar-refractivity contribution in [1.82, 2.24) is 0 Å². The van der Waals surface area contributed by atoms with Gasteiger partial charge in [-0.2, -0.15) is 0 Å². The molecule has 0 aliphatic carbocycles. The van der Waals surface area contributed by atoms with Crippen LogP contribution >= 0.6 is 23.2 Å². The number of carbonyl (C=O) groups is 1. The molecule has 0 saturated carbocycles. The van der Waals surface area contributed by atoms with E-state index in [0.717, 1.165) is 48.8 Å². The number of alkyl halides is 1. The summed E-state index contributed by atoms with van der Waals surface area (Å²) < 4.78 is 11.7. The maximum atomic E-state index is 13.7. The molecule has 0 heterocycles. The van der Waals surface area contributed by atoms with E-state index in [1.54, 1.807) is 14.2 Å². The van der Waals surface area contributed by atoms with Gasteiger partial charge in [0.2, 0.25) is 5.24 Å². The molecule has 0 fully saturated rings. The van der Waals surface area contributed by atoms with Gasteiger partial charge in [0.1, 0.15) is 4.87 Å². The summed E-state index contributed by atoms with van der Waals surface area (Å²) in [5.41, 5.74) is 1.29. The van der Waals surface area contributed by atoms with Crippen molar-refractivity contribution in [2.75, 3.05) is 14.2 Å². The third-order valence-corrected chi connectivity index (χ3v) is 9.72. The van der Waals surface area contributed by atoms with E-state index in [2.05, 4.69) is 19.1 Å². The monoisotopic (exact) mass is 636 g/mol. The number of para-hydroxylation sites is 1. The number of benzene rings is 3. The lowest BCUT2D eigenvalue weighted by atomic mass is 9.60. The van der Waals surface area contributed by atoms with Crippen LogP contribution in [0.5, 0.6) is 11.5 Å². The minimum absolute atomic E-state index is 0.398. The Morgan fingerprint density at radius 1 is 0.682 bits per heavy atom. The third-order valence-electron chi connectivity index (χ3n) is 8.66. The smallest absolute Gasteiger partial charge is 0.244 e. The van der Waals surface area contributed by atoms with Gasteiger partial charge in [-0.05, 0) is 60.9 Å². The minimum Gasteiger partial charge on any atom is -0.493 e. The van der Waals surface area contributed by atoms with Crippen molar-refractivity contribution in [3.05, 3.63) is 108 Å². The molecule has 0 aromatic heterocycles. The predicted octanol–water partition coefficient (Wildman–Crippen LogP) is 11.4. The zero-order valence-corrected chi connectivity index (χ0v) is 28.3. The van der Waals surface area contributed by atoms with Crippen LogP contribution < -0.4 is 9.47 Å². The van der Waals surface area contributed by atoms with E-state index >= 15 is 0 Å². The Morgan fingerprint density at radius 3 is 1.70 bits per heavy atom. The summed E-state index contributed by atoms with van der Waals surface area (Å²) in [6, 6.07) is 25.6. The second-order valence-electron chi connectivity index (χ2n) is 11.6. The third kappa shape index (κ3) is 8.70. The first-order valence-corrected chi connectivity index (χ1v) is 17.1. The summed E-state index contributed by atoms with van der Waals surface area (Å²) >= 11 is 14.3. The van der Waals surface area contributed by atoms with E-state index in [0.29, 0.717) is 17.9 Å². The highest BCUT2D eigenvalue weighted by Gasteiger charge is 2.58. The van der Waals surface area contributed by atoms with Gasteiger partial charge < -0.3 is 9.47 Å². The first-order chi connectivity index (χ1) is 21.5. The Morgan fingerprint density at radius 2 is 1.20 bits per heavy atom. The highest BCUT2D eigenvalue weighted by atomic mass is 35.5. The van der Waals surface area contributed by atoms with Crippen LogP contribution in [0.2, 0.25) is 0 Å². The Hall–Kier alpha value is -2.75. The molecule has 0 amide bonds. The Kier molecular flexibility index (Phi) is 15.4. The van der Waals surface area contributed by atoms with Crippen LogP contribution in [0, 0.1) is 0 Å². The molecule has 3 nitrogen and oxygen atoms in total. The molecule has 5 heteroatoms. The van der Waals surface area contributed by atoms with E-state index in [-0.39, 0.29) is 0 Å². The molecule has 3 aromatic rings. The fourth-order valence-corrected chi connectivity index (χ4v) is 7.09. The Balaban J connectivity index is 1.85. The van der Waals surface area contributed by atoms with Gasteiger partial charge in [0, 0.05) is 5.56 Å². The maximum Gasteiger partial charge on any atom is 0.244 e. The molecule has 0 radical (unpaired) electrons. The molecule has 0 spiro atoms. The van der Waals surface area contributed by atoms with Crippen LogP contribution in [0.4, 0.5) is 0 Å². The quantitative estimate of drug-likeness (QED) is 0.0383. The molecule has 3 rings (SSSR count). The standard InChI is InChI=1S/C39H50Cl2O3/c1-4-5-6-7-8-9-10-11-12-13-14-15-16-23-31-38(41,37(40)42)39(32-25-19-17-20-26-32,33-27-21-18-22-28-33)34-29-24-30-35(43-2)36(34)44-3/h11-12,17-22,24-30H,4-10,13-16,23,31H2,1-3H3. The van der Waals surface area contributed by atoms with Gasteiger partial charge in [0.15, 0.2) is 11.5 Å². The molecule has 0 N–H and O–H groups in total. The van der Waals surface area contributed by atoms with Gasteiger partial charge in [0.25, 0.3) is 0 Å². The van der Waals surface area contributed by atoms with Crippen LogP contribution in [0.25, 0.3) is 0 Å². The lowest BCUT2D eigenvalue weighted by molar-refractivity contribution is -0.115. The van der Waals surface area contributed by atoms with Crippen molar-refractivity contribution in [3.8, 4) is 11.5 Å². The van der Waals surface area contributed by atoms with Crippen molar-refractivity contribution in [1.29, 1.82) is 0 Å². The van der Waals surface area contributed by atoms with Gasteiger partial charge >= 0.3 is 0 Å². The summed E-state index contributed by atoms with van der Waals surface area (Å²) in [4.78, 5) is 12.2. The van der Waals surface area contributed by atoms with Gasteiger partial charge in [-0.3, -0.25) is 4.79 Å². The zero-order chi connectivity index (χ0) is 31.7. The number of hydrogen-bond acceptors (Lipinski definition) is 3. The number of methoxy groups -OCH3 is 2. The average molecular weight is 638 g/mol. The molecule has 1 atom stereocenters. The summed E-state index contributed by atoms with van der Waals surface area (Å²) in [5.74, 6) is 1.09. The highest BCUT2D eigenvalue weighted by Crippen LogP contribution is 2.57. The molecular formula is C39H50Cl2O3. The lowest BCUT2D eigenvalue weighted by Crippen LogP contribution is -2.53. The first kappa shape index (κ1) is 35.7. The molecule has 44 heavy (non-hydrogen) atoms. The van der Waals surface area contributed by atoms with E-state index in [1.807, 2.05) is 78.9 Å². The molecule has 1 unspecified atom stereocenters. The first-order valence-electron chi connectivity index (χ1n) is 16.3. The number of halogens is 2. The Labute approximate surface area is 276 Å². The molecule has 238 valence electrons. The number of unbranched alkanes of at least 4 members (excludes halogenated alkanes) is 10. The normalized spacial score (nSPS) is 13.1. The van der Waals surface area contributed by atoms with E-state index in [1.165, 1.54) is 44.9 Å². The lowest BCUT2D eigenvalue weighted by Gasteiger charge is -2.47. The fourth-order valence-electron chi connectivity index (χ4n) is 6.40. The topological polar surface area (TPSA) is 35.5 Å². The average Bonchev–Trinajstić information content (AvgIpc) is 3.06. The molecule has 0 saturated heterocycles. The largest absolute Gasteiger partial charge is 0.493 e. The minimum atomic E-state index is -1.51. The second kappa shape index (κ2) is 18.9. The summed E-state index contributed by atoms with van der Waals surface area (Å²) in [6.07, 6.45) is 19.2. The van der Waals surface area contributed by atoms with E-state index in [9.17, 15) is 4.79 Å². The van der Waals surface area contributed by atoms with E-state index < -0.39 is 15.5 Å². The molecular weight excluding hydrogens is 587 g/mol. The molecule has 0 aliphatic heterocycles. The van der Waals surface area contributed by atoms with Gasteiger partial charge in [-0.1, -0.05) is 143 Å². The van der Waals surface area contributed by atoms with Crippen LogP contribution in [0.15, 0.2) is 91.0 Å². The van der Waals surface area contributed by atoms with Crippen molar-refractivity contribution in [2.24, 2.45) is 0 Å². The Bertz CT molecular complexity index is 1240. The van der Waals surface area contributed by atoms with Crippen molar-refractivity contribution >= 4 is 28.4 Å². The maximum absolute atomic E-state index is 13.7. The fraction of sp³-hybridized carbons (Fsp3) is 0.462. The van der Waals surface area contributed by atoms with Crippen molar-refractivity contribution in [2.45, 2.75) is 101 Å². The van der Waals surface area contributed by atoms with Crippen molar-refractivity contribution < 1.29 is 14.3 Å². The van der Waals surface area contributed by atoms with Gasteiger partial charge in [0.05, 0.1) is 19.6 Å². The van der Waals surface area contributed by atoms with Crippen LogP contribution in [-0.2, 0) is 10.2 Å². The number of rotatable bonds is 21. The van der Waals surface area contributed by atoms with Gasteiger partial charge in [-0.25, -0.2) is 0 Å². The second-order valence-corrected chi connectivity index (χ2v) is 12.6. The SMILES string of the molecule is CCCCCCCCC=CCCCCCCC(Cl)(C(=O)Cl)C(c1ccccc1)(c1ccccc1)c1cccc(OC)c1OC.